The number of rotatable bonds is 3. The number of nitrogens with zero attached hydrogens (tertiary/aromatic N) is 4. The maximum atomic E-state index is 12.6. The van der Waals surface area contributed by atoms with Crippen molar-refractivity contribution < 1.29 is 9.53 Å². The zero-order valence-corrected chi connectivity index (χ0v) is 20.8. The number of aliphatic imine (C=N–C) groups is 2. The molecule has 0 spiro atoms. The molecule has 2 aliphatic heterocycles. The predicted molar refractivity (Wildman–Crippen MR) is 142 cm³/mol. The second-order valence-corrected chi connectivity index (χ2v) is 9.23. The van der Waals surface area contributed by atoms with Crippen LogP contribution in [0.25, 0.3) is 0 Å². The fourth-order valence-electron chi connectivity index (χ4n) is 4.64. The Kier molecular flexibility index (Phi) is 6.37. The maximum absolute atomic E-state index is 12.6. The van der Waals surface area contributed by atoms with E-state index < -0.39 is 0 Å². The van der Waals surface area contributed by atoms with Gasteiger partial charge < -0.3 is 20.7 Å². The largest absolute Gasteiger partial charge is 0.494 e. The summed E-state index contributed by atoms with van der Waals surface area (Å²) < 4.78 is 5.86. The standard InChI is InChI=1S/C27H29N7O2/c1-15-8-17-6-5-7-19(10-17)31-23-13-21(24(34-33-23)27(35)28-3)32-22-12-18(9-15)11-20(25(22)36-4)26-29-14-16(2)30-26/h5-7,10-16,32H,8-9H2,1-4H3,(H,28,35)(H,31,33). The Morgan fingerprint density at radius 1 is 1.03 bits per heavy atom. The van der Waals surface area contributed by atoms with Crippen LogP contribution in [0, 0.1) is 5.92 Å². The van der Waals surface area contributed by atoms with Gasteiger partial charge in [-0.15, -0.1) is 10.2 Å². The van der Waals surface area contributed by atoms with Crippen LogP contribution in [0.4, 0.5) is 22.9 Å². The number of amides is 1. The molecule has 9 heteroatoms. The Bertz CT molecular complexity index is 1380. The summed E-state index contributed by atoms with van der Waals surface area (Å²) in [6, 6.07) is 14.2. The quantitative estimate of drug-likeness (QED) is 0.512. The molecule has 5 rings (SSSR count). The van der Waals surface area contributed by atoms with Crippen molar-refractivity contribution in [1.82, 2.24) is 15.5 Å². The summed E-state index contributed by atoms with van der Waals surface area (Å²) in [6.07, 6.45) is 3.59. The van der Waals surface area contributed by atoms with Crippen molar-refractivity contribution in [1.29, 1.82) is 0 Å². The molecule has 6 bridgehead atoms. The van der Waals surface area contributed by atoms with Crippen LogP contribution in [0.2, 0.25) is 0 Å². The summed E-state index contributed by atoms with van der Waals surface area (Å²) in [5.41, 5.74) is 5.44. The van der Waals surface area contributed by atoms with E-state index in [9.17, 15) is 4.79 Å². The molecule has 1 aromatic heterocycles. The van der Waals surface area contributed by atoms with E-state index in [-0.39, 0.29) is 17.6 Å². The van der Waals surface area contributed by atoms with Gasteiger partial charge in [-0.2, -0.15) is 0 Å². The lowest BCUT2D eigenvalue weighted by atomic mass is 9.92. The fourth-order valence-corrected chi connectivity index (χ4v) is 4.64. The fraction of sp³-hybridized carbons (Fsp3) is 0.296. The molecule has 3 N–H and O–H groups in total. The minimum absolute atomic E-state index is 0.00622. The summed E-state index contributed by atoms with van der Waals surface area (Å²) in [7, 11) is 3.19. The van der Waals surface area contributed by atoms with E-state index in [1.807, 2.05) is 25.3 Å². The van der Waals surface area contributed by atoms with E-state index in [4.69, 9.17) is 4.74 Å². The Morgan fingerprint density at radius 2 is 1.86 bits per heavy atom. The van der Waals surface area contributed by atoms with Gasteiger partial charge in [0, 0.05) is 25.0 Å². The Balaban J connectivity index is 1.70. The van der Waals surface area contributed by atoms with Crippen molar-refractivity contribution in [2.24, 2.45) is 15.9 Å². The third-order valence-electron chi connectivity index (χ3n) is 6.21. The van der Waals surface area contributed by atoms with Crippen LogP contribution >= 0.6 is 0 Å². The van der Waals surface area contributed by atoms with Gasteiger partial charge >= 0.3 is 0 Å². The van der Waals surface area contributed by atoms with Crippen molar-refractivity contribution in [3.8, 4) is 5.75 Å². The lowest BCUT2D eigenvalue weighted by Crippen LogP contribution is -2.21. The average molecular weight is 484 g/mol. The Labute approximate surface area is 210 Å². The second kappa shape index (κ2) is 9.77. The van der Waals surface area contributed by atoms with Crippen molar-refractivity contribution >= 4 is 40.8 Å². The zero-order chi connectivity index (χ0) is 25.2. The van der Waals surface area contributed by atoms with Crippen molar-refractivity contribution in [3.05, 3.63) is 64.8 Å². The summed E-state index contributed by atoms with van der Waals surface area (Å²) in [5.74, 6) is 1.78. The number of carbonyl (C=O) groups excluding carboxylic acids is 1. The number of anilines is 4. The Hall–Kier alpha value is -4.27. The van der Waals surface area contributed by atoms with E-state index in [1.165, 1.54) is 5.56 Å². The lowest BCUT2D eigenvalue weighted by Gasteiger charge is -2.20. The van der Waals surface area contributed by atoms with Crippen LogP contribution in [-0.4, -0.2) is 48.4 Å². The van der Waals surface area contributed by atoms with Crippen LogP contribution in [-0.2, 0) is 12.8 Å². The number of ether oxygens (including phenoxy) is 1. The van der Waals surface area contributed by atoms with Crippen molar-refractivity contribution in [2.75, 3.05) is 24.8 Å². The minimum atomic E-state index is -0.345. The van der Waals surface area contributed by atoms with Crippen LogP contribution in [0.1, 0.15) is 41.0 Å². The number of aromatic nitrogens is 2. The molecular weight excluding hydrogens is 454 g/mol. The van der Waals surface area contributed by atoms with E-state index in [0.717, 1.165) is 29.7 Å². The molecule has 36 heavy (non-hydrogen) atoms. The van der Waals surface area contributed by atoms with E-state index >= 15 is 0 Å². The lowest BCUT2D eigenvalue weighted by molar-refractivity contribution is 0.0958. The van der Waals surface area contributed by atoms with Gasteiger partial charge in [0.1, 0.15) is 0 Å². The summed E-state index contributed by atoms with van der Waals surface area (Å²) in [6.45, 7) is 4.24. The summed E-state index contributed by atoms with van der Waals surface area (Å²) in [4.78, 5) is 21.8. The number of nitrogens with one attached hydrogen (secondary N) is 3. The van der Waals surface area contributed by atoms with Crippen molar-refractivity contribution in [2.45, 2.75) is 32.7 Å². The molecule has 2 unspecified atom stereocenters. The molecule has 2 aromatic carbocycles. The van der Waals surface area contributed by atoms with Gasteiger partial charge in [0.15, 0.2) is 23.1 Å². The first-order valence-electron chi connectivity index (χ1n) is 12.0. The first-order valence-corrected chi connectivity index (χ1v) is 12.0. The molecule has 2 aliphatic rings. The summed E-state index contributed by atoms with van der Waals surface area (Å²) >= 11 is 0. The van der Waals surface area contributed by atoms with E-state index in [2.05, 4.69) is 67.3 Å². The van der Waals surface area contributed by atoms with Gasteiger partial charge in [0.25, 0.3) is 5.91 Å². The highest BCUT2D eigenvalue weighted by Crippen LogP contribution is 2.37. The molecule has 3 heterocycles. The molecule has 0 aliphatic carbocycles. The maximum Gasteiger partial charge on any atom is 0.273 e. The number of hydrogen-bond donors (Lipinski definition) is 3. The van der Waals surface area contributed by atoms with Crippen LogP contribution in [0.15, 0.2) is 52.4 Å². The number of fused-ring (bicyclic) bond motifs is 6. The summed E-state index contributed by atoms with van der Waals surface area (Å²) in [5, 5.41) is 17.8. The first-order chi connectivity index (χ1) is 17.4. The van der Waals surface area contributed by atoms with E-state index in [1.54, 1.807) is 20.2 Å². The molecule has 0 saturated carbocycles. The molecule has 2 atom stereocenters. The Morgan fingerprint density at radius 3 is 2.61 bits per heavy atom. The van der Waals surface area contributed by atoms with Crippen LogP contribution in [0.3, 0.4) is 0 Å². The smallest absolute Gasteiger partial charge is 0.273 e. The predicted octanol–water partition coefficient (Wildman–Crippen LogP) is 4.29. The number of hydrogen-bond acceptors (Lipinski definition) is 8. The monoisotopic (exact) mass is 483 g/mol. The topological polar surface area (TPSA) is 113 Å². The number of benzene rings is 2. The molecule has 9 nitrogen and oxygen atoms in total. The molecular formula is C27H29N7O2. The van der Waals surface area contributed by atoms with Gasteiger partial charge in [0.05, 0.1) is 30.1 Å². The molecule has 1 amide bonds. The van der Waals surface area contributed by atoms with E-state index in [0.29, 0.717) is 34.7 Å². The molecule has 0 saturated heterocycles. The normalized spacial score (nSPS) is 18.4. The van der Waals surface area contributed by atoms with Crippen LogP contribution in [0.5, 0.6) is 5.75 Å². The van der Waals surface area contributed by atoms with Gasteiger partial charge in [-0.1, -0.05) is 19.1 Å². The van der Waals surface area contributed by atoms with Gasteiger partial charge in [-0.3, -0.25) is 9.79 Å². The number of amidine groups is 1. The van der Waals surface area contributed by atoms with Crippen molar-refractivity contribution in [3.63, 3.8) is 0 Å². The highest BCUT2D eigenvalue weighted by atomic mass is 16.5. The minimum Gasteiger partial charge on any atom is -0.494 e. The molecule has 0 fully saturated rings. The first kappa shape index (κ1) is 23.5. The highest BCUT2D eigenvalue weighted by Gasteiger charge is 2.23. The third kappa shape index (κ3) is 4.77. The highest BCUT2D eigenvalue weighted by molar-refractivity contribution is 6.10. The van der Waals surface area contributed by atoms with Gasteiger partial charge in [-0.25, -0.2) is 4.99 Å². The SMILES string of the molecule is CNC(=O)c1nnc2cc1Nc1cc(cc(C3=NC(C)C=N3)c1OC)CC(C)Cc1cccc(c1)N2. The molecule has 0 radical (unpaired) electrons. The molecule has 3 aromatic rings. The second-order valence-electron chi connectivity index (χ2n) is 9.23. The van der Waals surface area contributed by atoms with Crippen LogP contribution < -0.4 is 20.7 Å². The number of methoxy groups -OCH3 is 1. The van der Waals surface area contributed by atoms with Gasteiger partial charge in [-0.05, 0) is 61.1 Å². The average Bonchev–Trinajstić information content (AvgIpc) is 3.29. The zero-order valence-electron chi connectivity index (χ0n) is 20.8. The van der Waals surface area contributed by atoms with Gasteiger partial charge in [0.2, 0.25) is 0 Å². The third-order valence-corrected chi connectivity index (χ3v) is 6.21. The number of carbonyl (C=O) groups is 1. The molecule has 184 valence electrons.